The average Bonchev–Trinajstić information content (AvgIpc) is 2.66. The highest BCUT2D eigenvalue weighted by Crippen LogP contribution is 2.43. The highest BCUT2D eigenvalue weighted by atomic mass is 32.1. The average molecular weight is 257 g/mol. The van der Waals surface area contributed by atoms with Crippen molar-refractivity contribution in [3.8, 4) is 11.1 Å². The number of nitrogens with two attached hydrogens (primary N) is 1. The van der Waals surface area contributed by atoms with Gasteiger partial charge in [0.1, 0.15) is 0 Å². The van der Waals surface area contributed by atoms with E-state index in [-0.39, 0.29) is 0 Å². The van der Waals surface area contributed by atoms with Crippen LogP contribution in [0.5, 0.6) is 0 Å². The van der Waals surface area contributed by atoms with E-state index in [0.717, 1.165) is 5.00 Å². The zero-order valence-corrected chi connectivity index (χ0v) is 11.9. The van der Waals surface area contributed by atoms with Gasteiger partial charge in [0, 0.05) is 10.4 Å². The van der Waals surface area contributed by atoms with Crippen LogP contribution in [-0.4, -0.2) is 0 Å². The lowest BCUT2D eigenvalue weighted by Gasteiger charge is -2.14. The van der Waals surface area contributed by atoms with E-state index in [1.807, 2.05) is 0 Å². The van der Waals surface area contributed by atoms with Crippen LogP contribution in [0.4, 0.5) is 5.00 Å². The molecule has 0 saturated heterocycles. The fourth-order valence-electron chi connectivity index (χ4n) is 2.98. The van der Waals surface area contributed by atoms with Crippen LogP contribution in [-0.2, 0) is 12.8 Å². The van der Waals surface area contributed by atoms with Crippen molar-refractivity contribution in [3.63, 3.8) is 0 Å². The van der Waals surface area contributed by atoms with E-state index in [2.05, 4.69) is 32.0 Å². The van der Waals surface area contributed by atoms with E-state index < -0.39 is 0 Å². The van der Waals surface area contributed by atoms with Gasteiger partial charge in [0.15, 0.2) is 0 Å². The molecule has 94 valence electrons. The standard InChI is InChI=1S/C16H19NS/c1-10-7-8-12(11(2)9-10)15-13-5-3-4-6-14(13)18-16(15)17/h7-9H,3-6,17H2,1-2H3. The number of benzene rings is 1. The number of hydrogen-bond acceptors (Lipinski definition) is 2. The third kappa shape index (κ3) is 1.85. The molecule has 0 spiro atoms. The van der Waals surface area contributed by atoms with Crippen molar-refractivity contribution in [2.45, 2.75) is 39.5 Å². The predicted molar refractivity (Wildman–Crippen MR) is 80.3 cm³/mol. The molecule has 1 aliphatic rings. The quantitative estimate of drug-likeness (QED) is 0.800. The van der Waals surface area contributed by atoms with Crippen molar-refractivity contribution in [3.05, 3.63) is 39.8 Å². The topological polar surface area (TPSA) is 26.0 Å². The Hall–Kier alpha value is -1.28. The maximum Gasteiger partial charge on any atom is 0.0941 e. The van der Waals surface area contributed by atoms with Gasteiger partial charge in [-0.2, -0.15) is 0 Å². The highest BCUT2D eigenvalue weighted by molar-refractivity contribution is 7.16. The summed E-state index contributed by atoms with van der Waals surface area (Å²) in [5.41, 5.74) is 13.1. The number of anilines is 1. The summed E-state index contributed by atoms with van der Waals surface area (Å²) in [6.45, 7) is 4.33. The Morgan fingerprint density at radius 2 is 1.89 bits per heavy atom. The van der Waals surface area contributed by atoms with Crippen LogP contribution in [0.1, 0.15) is 34.4 Å². The molecule has 2 N–H and O–H groups in total. The van der Waals surface area contributed by atoms with Crippen molar-refractivity contribution in [1.29, 1.82) is 0 Å². The van der Waals surface area contributed by atoms with Crippen LogP contribution in [0.25, 0.3) is 11.1 Å². The Morgan fingerprint density at radius 3 is 2.67 bits per heavy atom. The van der Waals surface area contributed by atoms with Crippen molar-refractivity contribution in [1.82, 2.24) is 0 Å². The minimum atomic E-state index is 1.01. The van der Waals surface area contributed by atoms with Gasteiger partial charge in [0.25, 0.3) is 0 Å². The Labute approximate surface area is 113 Å². The van der Waals surface area contributed by atoms with Gasteiger partial charge < -0.3 is 5.73 Å². The van der Waals surface area contributed by atoms with Gasteiger partial charge in [0.2, 0.25) is 0 Å². The summed E-state index contributed by atoms with van der Waals surface area (Å²) in [6.07, 6.45) is 5.04. The zero-order valence-electron chi connectivity index (χ0n) is 11.0. The molecule has 0 amide bonds. The molecule has 1 nitrogen and oxygen atoms in total. The van der Waals surface area contributed by atoms with Gasteiger partial charge in [-0.1, -0.05) is 23.8 Å². The highest BCUT2D eigenvalue weighted by Gasteiger charge is 2.21. The maximum absolute atomic E-state index is 6.28. The van der Waals surface area contributed by atoms with Gasteiger partial charge in [-0.05, 0) is 56.2 Å². The SMILES string of the molecule is Cc1ccc(-c2c(N)sc3c2CCCC3)c(C)c1. The van der Waals surface area contributed by atoms with E-state index in [1.54, 1.807) is 11.3 Å². The van der Waals surface area contributed by atoms with Crippen molar-refractivity contribution >= 4 is 16.3 Å². The Balaban J connectivity index is 2.19. The molecule has 0 saturated carbocycles. The van der Waals surface area contributed by atoms with Crippen LogP contribution in [0, 0.1) is 13.8 Å². The molecule has 0 aliphatic heterocycles. The number of aryl methyl sites for hydroxylation is 3. The largest absolute Gasteiger partial charge is 0.390 e. The summed E-state index contributed by atoms with van der Waals surface area (Å²) < 4.78 is 0. The fraction of sp³-hybridized carbons (Fsp3) is 0.375. The van der Waals surface area contributed by atoms with E-state index in [1.165, 1.54) is 58.4 Å². The predicted octanol–water partition coefficient (Wildman–Crippen LogP) is 4.49. The first kappa shape index (κ1) is 11.8. The van der Waals surface area contributed by atoms with Crippen molar-refractivity contribution in [2.24, 2.45) is 0 Å². The second-order valence-electron chi connectivity index (χ2n) is 5.27. The van der Waals surface area contributed by atoms with Gasteiger partial charge in [-0.15, -0.1) is 11.3 Å². The first-order valence-corrected chi connectivity index (χ1v) is 7.46. The zero-order chi connectivity index (χ0) is 12.7. The summed E-state index contributed by atoms with van der Waals surface area (Å²) in [5, 5.41) is 1.01. The van der Waals surface area contributed by atoms with Crippen LogP contribution in [0.15, 0.2) is 18.2 Å². The number of fused-ring (bicyclic) bond motifs is 1. The molecule has 2 heteroatoms. The molecular weight excluding hydrogens is 238 g/mol. The normalized spacial score (nSPS) is 14.6. The molecule has 0 bridgehead atoms. The molecule has 2 aromatic rings. The van der Waals surface area contributed by atoms with Gasteiger partial charge in [-0.3, -0.25) is 0 Å². The number of thiophene rings is 1. The van der Waals surface area contributed by atoms with Gasteiger partial charge >= 0.3 is 0 Å². The summed E-state index contributed by atoms with van der Waals surface area (Å²) in [4.78, 5) is 1.52. The molecular formula is C16H19NS. The smallest absolute Gasteiger partial charge is 0.0941 e. The molecule has 0 fully saturated rings. The van der Waals surface area contributed by atoms with Crippen molar-refractivity contribution in [2.75, 3.05) is 5.73 Å². The summed E-state index contributed by atoms with van der Waals surface area (Å²) >= 11 is 1.80. The second-order valence-corrected chi connectivity index (χ2v) is 6.41. The molecule has 1 heterocycles. The molecule has 0 atom stereocenters. The fourth-order valence-corrected chi connectivity index (χ4v) is 4.15. The van der Waals surface area contributed by atoms with Crippen LogP contribution < -0.4 is 5.73 Å². The van der Waals surface area contributed by atoms with E-state index >= 15 is 0 Å². The number of hydrogen-bond donors (Lipinski definition) is 1. The third-order valence-corrected chi connectivity index (χ3v) is 4.97. The lowest BCUT2D eigenvalue weighted by Crippen LogP contribution is -2.00. The Morgan fingerprint density at radius 1 is 1.11 bits per heavy atom. The minimum Gasteiger partial charge on any atom is -0.390 e. The molecule has 18 heavy (non-hydrogen) atoms. The molecule has 1 aliphatic carbocycles. The van der Waals surface area contributed by atoms with Gasteiger partial charge in [-0.25, -0.2) is 0 Å². The first-order chi connectivity index (χ1) is 8.66. The molecule has 0 unspecified atom stereocenters. The molecule has 0 radical (unpaired) electrons. The summed E-state index contributed by atoms with van der Waals surface area (Å²) in [5.74, 6) is 0. The van der Waals surface area contributed by atoms with Crippen LogP contribution in [0.2, 0.25) is 0 Å². The summed E-state index contributed by atoms with van der Waals surface area (Å²) in [7, 11) is 0. The van der Waals surface area contributed by atoms with E-state index in [9.17, 15) is 0 Å². The van der Waals surface area contributed by atoms with Crippen LogP contribution >= 0.6 is 11.3 Å². The van der Waals surface area contributed by atoms with Crippen molar-refractivity contribution < 1.29 is 0 Å². The Kier molecular flexibility index (Phi) is 2.90. The monoisotopic (exact) mass is 257 g/mol. The minimum absolute atomic E-state index is 1.01. The van der Waals surface area contributed by atoms with E-state index in [4.69, 9.17) is 5.73 Å². The Bertz CT molecular complexity index is 595. The van der Waals surface area contributed by atoms with Gasteiger partial charge in [0.05, 0.1) is 5.00 Å². The first-order valence-electron chi connectivity index (χ1n) is 6.64. The number of nitrogen functional groups attached to an aromatic ring is 1. The van der Waals surface area contributed by atoms with E-state index in [0.29, 0.717) is 0 Å². The lowest BCUT2D eigenvalue weighted by atomic mass is 9.90. The molecule has 1 aromatic carbocycles. The molecule has 3 rings (SSSR count). The second kappa shape index (κ2) is 4.43. The number of rotatable bonds is 1. The summed E-state index contributed by atoms with van der Waals surface area (Å²) in [6, 6.07) is 6.67. The molecule has 1 aromatic heterocycles. The van der Waals surface area contributed by atoms with Crippen LogP contribution in [0.3, 0.4) is 0 Å². The lowest BCUT2D eigenvalue weighted by molar-refractivity contribution is 0.698. The maximum atomic E-state index is 6.28. The third-order valence-electron chi connectivity index (χ3n) is 3.85.